The predicted octanol–water partition coefficient (Wildman–Crippen LogP) is 2.03. The van der Waals surface area contributed by atoms with Crippen LogP contribution in [-0.4, -0.2) is 30.2 Å². The molecular formula is C12H20N2O3S. The molecule has 6 heteroatoms. The van der Waals surface area contributed by atoms with Crippen molar-refractivity contribution in [2.24, 2.45) is 0 Å². The highest BCUT2D eigenvalue weighted by atomic mass is 32.2. The van der Waals surface area contributed by atoms with E-state index in [1.54, 1.807) is 11.2 Å². The van der Waals surface area contributed by atoms with Crippen LogP contribution < -0.4 is 0 Å². The molecule has 5 nitrogen and oxygen atoms in total. The number of rotatable bonds is 4. The average Bonchev–Trinajstić information content (AvgIpc) is 2.94. The predicted molar refractivity (Wildman–Crippen MR) is 68.8 cm³/mol. The molecule has 1 saturated heterocycles. The maximum atomic E-state index is 12.1. The number of hydrogen-bond acceptors (Lipinski definition) is 4. The number of nitrogens with zero attached hydrogens (tertiary/aromatic N) is 2. The smallest absolute Gasteiger partial charge is 0.214 e. The van der Waals surface area contributed by atoms with Gasteiger partial charge in [-0.1, -0.05) is 12.1 Å². The molecule has 1 atom stereocenters. The van der Waals surface area contributed by atoms with E-state index < -0.39 is 10.0 Å². The van der Waals surface area contributed by atoms with E-state index >= 15 is 0 Å². The van der Waals surface area contributed by atoms with Crippen molar-refractivity contribution in [1.82, 2.24) is 9.46 Å². The van der Waals surface area contributed by atoms with Crippen molar-refractivity contribution in [3.8, 4) is 0 Å². The second-order valence-corrected chi connectivity index (χ2v) is 6.84. The molecule has 2 heterocycles. The Morgan fingerprint density at radius 1 is 1.44 bits per heavy atom. The second kappa shape index (κ2) is 5.01. The van der Waals surface area contributed by atoms with Crippen LogP contribution in [-0.2, 0) is 16.4 Å². The second-order valence-electron chi connectivity index (χ2n) is 4.63. The van der Waals surface area contributed by atoms with Gasteiger partial charge in [0.1, 0.15) is 5.76 Å². The zero-order chi connectivity index (χ0) is 13.3. The lowest BCUT2D eigenvalue weighted by atomic mass is 10.0. The molecular weight excluding hydrogens is 252 g/mol. The molecule has 0 aliphatic carbocycles. The molecule has 0 N–H and O–H groups in total. The minimum absolute atomic E-state index is 0.0869. The molecule has 2 rings (SSSR count). The SMILES string of the molecule is CCc1onc(C)c1[C@@H]1CCCN1S(=O)(=O)CC. The average molecular weight is 272 g/mol. The molecule has 1 fully saturated rings. The lowest BCUT2D eigenvalue weighted by molar-refractivity contribution is 0.368. The van der Waals surface area contributed by atoms with E-state index in [0.717, 1.165) is 36.3 Å². The van der Waals surface area contributed by atoms with Crippen LogP contribution in [0.2, 0.25) is 0 Å². The largest absolute Gasteiger partial charge is 0.361 e. The first-order chi connectivity index (χ1) is 8.51. The molecule has 0 amide bonds. The summed E-state index contributed by atoms with van der Waals surface area (Å²) in [5, 5.41) is 3.98. The summed E-state index contributed by atoms with van der Waals surface area (Å²) in [6, 6.07) is -0.0869. The fourth-order valence-corrected chi connectivity index (χ4v) is 3.97. The van der Waals surface area contributed by atoms with Crippen LogP contribution in [0.15, 0.2) is 4.52 Å². The van der Waals surface area contributed by atoms with Crippen LogP contribution >= 0.6 is 0 Å². The van der Waals surface area contributed by atoms with Gasteiger partial charge in [0.15, 0.2) is 0 Å². The van der Waals surface area contributed by atoms with E-state index in [2.05, 4.69) is 5.16 Å². The van der Waals surface area contributed by atoms with Crippen molar-refractivity contribution in [1.29, 1.82) is 0 Å². The molecule has 0 bridgehead atoms. The van der Waals surface area contributed by atoms with Crippen LogP contribution in [0.1, 0.15) is 49.7 Å². The Morgan fingerprint density at radius 2 is 2.17 bits per heavy atom. The van der Waals surface area contributed by atoms with Gasteiger partial charge in [-0.15, -0.1) is 0 Å². The molecule has 1 aromatic rings. The molecule has 102 valence electrons. The first-order valence-corrected chi connectivity index (χ1v) is 8.06. The Morgan fingerprint density at radius 3 is 2.78 bits per heavy atom. The van der Waals surface area contributed by atoms with Crippen LogP contribution in [0.3, 0.4) is 0 Å². The maximum Gasteiger partial charge on any atom is 0.214 e. The Balaban J connectivity index is 2.41. The highest BCUT2D eigenvalue weighted by Gasteiger charge is 2.37. The summed E-state index contributed by atoms with van der Waals surface area (Å²) >= 11 is 0. The Hall–Kier alpha value is -0.880. The molecule has 0 saturated carbocycles. The molecule has 18 heavy (non-hydrogen) atoms. The van der Waals surface area contributed by atoms with E-state index in [1.165, 1.54) is 0 Å². The summed E-state index contributed by atoms with van der Waals surface area (Å²) in [5.41, 5.74) is 1.79. The monoisotopic (exact) mass is 272 g/mol. The van der Waals surface area contributed by atoms with Crippen LogP contribution in [0, 0.1) is 6.92 Å². The third kappa shape index (κ3) is 2.19. The van der Waals surface area contributed by atoms with E-state index in [1.807, 2.05) is 13.8 Å². The highest BCUT2D eigenvalue weighted by molar-refractivity contribution is 7.89. The van der Waals surface area contributed by atoms with Gasteiger partial charge >= 0.3 is 0 Å². The van der Waals surface area contributed by atoms with Gasteiger partial charge in [0.05, 0.1) is 17.5 Å². The number of sulfonamides is 1. The fraction of sp³-hybridized carbons (Fsp3) is 0.750. The van der Waals surface area contributed by atoms with Gasteiger partial charge in [0.25, 0.3) is 0 Å². The fourth-order valence-electron chi connectivity index (χ4n) is 2.63. The van der Waals surface area contributed by atoms with E-state index in [0.29, 0.717) is 6.54 Å². The van der Waals surface area contributed by atoms with Crippen molar-refractivity contribution in [3.63, 3.8) is 0 Å². The minimum Gasteiger partial charge on any atom is -0.361 e. The molecule has 0 aromatic carbocycles. The summed E-state index contributed by atoms with van der Waals surface area (Å²) in [4.78, 5) is 0. The van der Waals surface area contributed by atoms with Crippen molar-refractivity contribution >= 4 is 10.0 Å². The Bertz CT molecular complexity index is 521. The Labute approximate surface area is 108 Å². The van der Waals surface area contributed by atoms with Gasteiger partial charge in [0.2, 0.25) is 10.0 Å². The quantitative estimate of drug-likeness (QED) is 0.841. The molecule has 0 spiro atoms. The molecule has 1 aliphatic rings. The van der Waals surface area contributed by atoms with E-state index in [9.17, 15) is 8.42 Å². The van der Waals surface area contributed by atoms with Gasteiger partial charge in [-0.05, 0) is 26.7 Å². The van der Waals surface area contributed by atoms with Crippen molar-refractivity contribution in [2.45, 2.75) is 46.1 Å². The first-order valence-electron chi connectivity index (χ1n) is 6.45. The molecule has 1 aliphatic heterocycles. The number of aryl methyl sites for hydroxylation is 2. The van der Waals surface area contributed by atoms with E-state index in [4.69, 9.17) is 4.52 Å². The summed E-state index contributed by atoms with van der Waals surface area (Å²) in [7, 11) is -3.15. The van der Waals surface area contributed by atoms with Crippen LogP contribution in [0.5, 0.6) is 0 Å². The Kier molecular flexibility index (Phi) is 3.77. The lowest BCUT2D eigenvalue weighted by Gasteiger charge is -2.23. The van der Waals surface area contributed by atoms with Gasteiger partial charge in [-0.2, -0.15) is 4.31 Å². The van der Waals surface area contributed by atoms with E-state index in [-0.39, 0.29) is 11.8 Å². The van der Waals surface area contributed by atoms with Gasteiger partial charge in [-0.3, -0.25) is 0 Å². The van der Waals surface area contributed by atoms with Crippen molar-refractivity contribution in [3.05, 3.63) is 17.0 Å². The van der Waals surface area contributed by atoms with Crippen molar-refractivity contribution < 1.29 is 12.9 Å². The van der Waals surface area contributed by atoms with Gasteiger partial charge < -0.3 is 4.52 Å². The lowest BCUT2D eigenvalue weighted by Crippen LogP contribution is -2.32. The topological polar surface area (TPSA) is 63.4 Å². The maximum absolute atomic E-state index is 12.1. The van der Waals surface area contributed by atoms with Crippen LogP contribution in [0.25, 0.3) is 0 Å². The summed E-state index contributed by atoms with van der Waals surface area (Å²) in [5.74, 6) is 0.964. The number of hydrogen-bond donors (Lipinski definition) is 0. The summed E-state index contributed by atoms with van der Waals surface area (Å²) in [6.45, 7) is 6.17. The summed E-state index contributed by atoms with van der Waals surface area (Å²) < 4.78 is 31.1. The number of aromatic nitrogens is 1. The molecule has 0 radical (unpaired) electrons. The molecule has 0 unspecified atom stereocenters. The zero-order valence-electron chi connectivity index (χ0n) is 11.1. The zero-order valence-corrected chi connectivity index (χ0v) is 12.0. The van der Waals surface area contributed by atoms with Crippen LogP contribution in [0.4, 0.5) is 0 Å². The van der Waals surface area contributed by atoms with Gasteiger partial charge in [0, 0.05) is 18.5 Å². The summed E-state index contributed by atoms with van der Waals surface area (Å²) in [6.07, 6.45) is 2.50. The third-order valence-corrected chi connectivity index (χ3v) is 5.44. The third-order valence-electron chi connectivity index (χ3n) is 3.56. The van der Waals surface area contributed by atoms with Crippen molar-refractivity contribution in [2.75, 3.05) is 12.3 Å². The highest BCUT2D eigenvalue weighted by Crippen LogP contribution is 2.37. The standard InChI is InChI=1S/C12H20N2O3S/c1-4-11-12(9(3)13-17-11)10-7-6-8-14(10)18(15,16)5-2/h10H,4-8H2,1-3H3/t10-/m0/s1. The normalized spacial score (nSPS) is 21.6. The first kappa shape index (κ1) is 13.5. The molecule has 1 aromatic heterocycles. The van der Waals surface area contributed by atoms with Gasteiger partial charge in [-0.25, -0.2) is 8.42 Å². The minimum atomic E-state index is -3.15.